The summed E-state index contributed by atoms with van der Waals surface area (Å²) in [6.45, 7) is 3.67. The maximum atomic E-state index is 11.7. The number of hydrogen-bond donors (Lipinski definition) is 0. The number of esters is 2. The minimum absolute atomic E-state index is 0.164. The van der Waals surface area contributed by atoms with Crippen molar-refractivity contribution in [2.45, 2.75) is 195 Å². The molecule has 5 aliphatic heterocycles. The molecule has 10 unspecified atom stereocenters. The van der Waals surface area contributed by atoms with E-state index in [-0.39, 0.29) is 11.9 Å². The van der Waals surface area contributed by atoms with Gasteiger partial charge in [-0.15, -0.1) is 0 Å². The van der Waals surface area contributed by atoms with Crippen LogP contribution < -0.4 is 9.47 Å². The van der Waals surface area contributed by atoms with Gasteiger partial charge in [0.15, 0.2) is 0 Å². The Balaban J connectivity index is 0.712. The molecule has 5 saturated heterocycles. The summed E-state index contributed by atoms with van der Waals surface area (Å²) in [7, 11) is 21.9. The van der Waals surface area contributed by atoms with Crippen LogP contribution in [0.3, 0.4) is 0 Å². The quantitative estimate of drug-likeness (QED) is 0.0295. The Morgan fingerprint density at radius 2 is 0.984 bits per heavy atom. The number of carbonyl (C=O) groups excluding carboxylic acids is 2. The molecular weight excluding hydrogens is 1030 g/mol. The molecule has 0 spiro atoms. The Labute approximate surface area is 433 Å². The first-order chi connectivity index (χ1) is 31.4. The van der Waals surface area contributed by atoms with Crippen LogP contribution in [0.25, 0.3) is 0 Å². The number of thioether (sulfide) groups is 2. The van der Waals surface area contributed by atoms with Crippen LogP contribution in [0.1, 0.15) is 141 Å². The Kier molecular flexibility index (Phi) is 24.9. The van der Waals surface area contributed by atoms with E-state index in [2.05, 4.69) is 142 Å². The molecule has 0 saturated carbocycles. The minimum Gasteiger partial charge on any atom is -0.427 e. The number of benzene rings is 2. The van der Waals surface area contributed by atoms with Gasteiger partial charge in [0.05, 0.1) is 0 Å². The first-order valence-corrected chi connectivity index (χ1v) is 37.7. The zero-order valence-electron chi connectivity index (χ0n) is 37.5. The second-order valence-electron chi connectivity index (χ2n) is 17.6. The van der Waals surface area contributed by atoms with E-state index in [0.29, 0.717) is 24.3 Å². The Morgan fingerprint density at radius 1 is 0.516 bits per heavy atom. The lowest BCUT2D eigenvalue weighted by Crippen LogP contribution is -2.26. The smallest absolute Gasteiger partial charge is 0.310 e. The molecule has 16 heteroatoms. The third kappa shape index (κ3) is 19.3. The van der Waals surface area contributed by atoms with Gasteiger partial charge in [-0.05, 0) is 119 Å². The molecule has 7 rings (SSSR count). The number of fused-ring (bicyclic) bond motifs is 2. The molecule has 5 fully saturated rings. The minimum atomic E-state index is -0.166. The zero-order chi connectivity index (χ0) is 44.4. The molecule has 10 atom stereocenters. The van der Waals surface area contributed by atoms with Crippen LogP contribution >= 0.6 is 130 Å². The highest BCUT2D eigenvalue weighted by Crippen LogP contribution is 2.61. The van der Waals surface area contributed by atoms with Crippen LogP contribution in [0.4, 0.5) is 0 Å². The standard InChI is InChI=1S/C48H68O4S12/c1-3-47(49)51-35-21-15-19-33(25-35)17-11-7-5-9-13-23-39-42(55-39)29-43-41(56-43)27-37-31-53-54-32-38(58-57-37)28-44-46-30-45(59-60-46)40(61-63-64-62-44)24-14-10-6-8-12-18-34-20-16-22-36(26-34)52-48(50)4-2/h15-16,19-22,25-26,37-46H,3-14,17-18,23-24,27-32H2,1-2H3. The van der Waals surface area contributed by atoms with E-state index in [9.17, 15) is 9.59 Å². The van der Waals surface area contributed by atoms with Gasteiger partial charge in [0.25, 0.3) is 0 Å². The summed E-state index contributed by atoms with van der Waals surface area (Å²) in [5, 5.41) is 8.35. The third-order valence-electron chi connectivity index (χ3n) is 12.4. The zero-order valence-corrected chi connectivity index (χ0v) is 47.3. The Bertz CT molecular complexity index is 1710. The SMILES string of the molecule is CCC(=O)Oc1cccc(CCCCCCCC2SSSSC(CC3CSSCC(CC4SC4CC4SC4CCCCCCCc4cccc(OC(=O)CC)c4)SS3)C3CC2SS3)c1. The average Bonchev–Trinajstić information content (AvgIpc) is 4.17. The molecule has 2 aromatic rings. The summed E-state index contributed by atoms with van der Waals surface area (Å²) in [6.07, 6.45) is 24.4. The number of unbranched alkanes of at least 4 members (excludes halogenated alkanes) is 8. The van der Waals surface area contributed by atoms with Crippen molar-refractivity contribution in [3.8, 4) is 11.5 Å². The fourth-order valence-corrected chi connectivity index (χ4v) is 31.1. The maximum absolute atomic E-state index is 11.7. The van der Waals surface area contributed by atoms with Crippen molar-refractivity contribution in [2.24, 2.45) is 0 Å². The number of hydrogen-bond acceptors (Lipinski definition) is 16. The lowest BCUT2D eigenvalue weighted by atomic mass is 10.0. The van der Waals surface area contributed by atoms with Crippen molar-refractivity contribution in [1.29, 1.82) is 0 Å². The largest absolute Gasteiger partial charge is 0.427 e. The molecule has 5 aliphatic rings. The van der Waals surface area contributed by atoms with E-state index in [1.165, 1.54) is 125 Å². The highest BCUT2D eigenvalue weighted by molar-refractivity contribution is 9.26. The molecule has 4 nitrogen and oxygen atoms in total. The molecule has 0 amide bonds. The second kappa shape index (κ2) is 29.8. The van der Waals surface area contributed by atoms with Crippen molar-refractivity contribution in [2.75, 3.05) is 11.5 Å². The second-order valence-corrected chi connectivity index (χ2v) is 35.0. The summed E-state index contributed by atoms with van der Waals surface area (Å²) in [6, 6.07) is 16.2. The normalized spacial score (nSPS) is 29.2. The first kappa shape index (κ1) is 53.4. The van der Waals surface area contributed by atoms with Crippen LogP contribution in [-0.2, 0) is 22.4 Å². The summed E-state index contributed by atoms with van der Waals surface area (Å²) in [5.74, 6) is 3.65. The lowest BCUT2D eigenvalue weighted by molar-refractivity contribution is -0.134. The van der Waals surface area contributed by atoms with E-state index in [1.807, 2.05) is 50.2 Å². The number of carbonyl (C=O) groups is 2. The number of ether oxygens (including phenoxy) is 2. The highest BCUT2D eigenvalue weighted by Gasteiger charge is 2.47. The van der Waals surface area contributed by atoms with E-state index in [1.54, 1.807) is 0 Å². The molecule has 2 aromatic carbocycles. The molecular formula is C48H68O4S12. The molecule has 0 aromatic heterocycles. The van der Waals surface area contributed by atoms with Crippen LogP contribution in [0.5, 0.6) is 11.5 Å². The van der Waals surface area contributed by atoms with E-state index in [0.717, 1.165) is 65.3 Å². The van der Waals surface area contributed by atoms with Crippen molar-refractivity contribution >= 4 is 141 Å². The molecule has 0 N–H and O–H groups in total. The first-order valence-electron chi connectivity index (χ1n) is 23.9. The van der Waals surface area contributed by atoms with Crippen molar-refractivity contribution < 1.29 is 19.1 Å². The fraction of sp³-hybridized carbons (Fsp3) is 0.708. The predicted octanol–water partition coefficient (Wildman–Crippen LogP) is 17.4. The van der Waals surface area contributed by atoms with Gasteiger partial charge in [-0.1, -0.05) is 176 Å². The molecule has 2 bridgehead atoms. The van der Waals surface area contributed by atoms with Gasteiger partial charge < -0.3 is 9.47 Å². The summed E-state index contributed by atoms with van der Waals surface area (Å²) in [5.41, 5.74) is 2.54. The number of rotatable bonds is 26. The van der Waals surface area contributed by atoms with E-state index < -0.39 is 0 Å². The molecule has 0 radical (unpaired) electrons. The average molecular weight is 1090 g/mol. The topological polar surface area (TPSA) is 52.6 Å². The summed E-state index contributed by atoms with van der Waals surface area (Å²) in [4.78, 5) is 23.3. The van der Waals surface area contributed by atoms with Gasteiger partial charge in [-0.25, -0.2) is 0 Å². The van der Waals surface area contributed by atoms with Crippen LogP contribution in [0.2, 0.25) is 0 Å². The van der Waals surface area contributed by atoms with Crippen molar-refractivity contribution in [1.82, 2.24) is 0 Å². The summed E-state index contributed by atoms with van der Waals surface area (Å²) >= 11 is 4.58. The van der Waals surface area contributed by atoms with Crippen LogP contribution in [0.15, 0.2) is 48.5 Å². The van der Waals surface area contributed by atoms with Gasteiger partial charge in [0, 0.05) is 76.8 Å². The highest BCUT2D eigenvalue weighted by atomic mass is 33.7. The van der Waals surface area contributed by atoms with Gasteiger partial charge in [0.1, 0.15) is 11.5 Å². The maximum Gasteiger partial charge on any atom is 0.310 e. The van der Waals surface area contributed by atoms with Gasteiger partial charge >= 0.3 is 11.9 Å². The Morgan fingerprint density at radius 3 is 1.58 bits per heavy atom. The molecule has 5 heterocycles. The fourth-order valence-electron chi connectivity index (χ4n) is 8.56. The van der Waals surface area contributed by atoms with Gasteiger partial charge in [-0.3, -0.25) is 9.59 Å². The monoisotopic (exact) mass is 1090 g/mol. The van der Waals surface area contributed by atoms with Crippen LogP contribution in [0, 0.1) is 0 Å². The van der Waals surface area contributed by atoms with Crippen LogP contribution in [-0.4, -0.2) is 75.9 Å². The predicted molar refractivity (Wildman–Crippen MR) is 305 cm³/mol. The third-order valence-corrected chi connectivity index (χ3v) is 32.8. The van der Waals surface area contributed by atoms with Gasteiger partial charge in [-0.2, -0.15) is 23.5 Å². The molecule has 356 valence electrons. The van der Waals surface area contributed by atoms with E-state index in [4.69, 9.17) is 9.47 Å². The molecule has 64 heavy (non-hydrogen) atoms. The Hall–Kier alpha value is 1.58. The van der Waals surface area contributed by atoms with Gasteiger partial charge in [0.2, 0.25) is 0 Å². The summed E-state index contributed by atoms with van der Waals surface area (Å²) < 4.78 is 10.8. The van der Waals surface area contributed by atoms with Crippen molar-refractivity contribution in [3.63, 3.8) is 0 Å². The lowest BCUT2D eigenvalue weighted by Gasteiger charge is -2.28. The number of aryl methyl sites for hydroxylation is 2. The van der Waals surface area contributed by atoms with E-state index >= 15 is 0 Å². The molecule has 0 aliphatic carbocycles. The van der Waals surface area contributed by atoms with Crippen molar-refractivity contribution in [3.05, 3.63) is 59.7 Å².